The molecule has 2 heterocycles. The minimum absolute atomic E-state index is 0.316. The first-order chi connectivity index (χ1) is 10.2. The van der Waals surface area contributed by atoms with Gasteiger partial charge in [-0.3, -0.25) is 4.57 Å². The maximum Gasteiger partial charge on any atom is 0.340 e. The molecule has 1 aliphatic rings. The number of hydrogen-bond donors (Lipinski definition) is 1. The molecule has 2 aromatic heterocycles. The Morgan fingerprint density at radius 2 is 2.19 bits per heavy atom. The quantitative estimate of drug-likeness (QED) is 0.871. The summed E-state index contributed by atoms with van der Waals surface area (Å²) in [6.07, 6.45) is 7.56. The van der Waals surface area contributed by atoms with Crippen LogP contribution in [0.5, 0.6) is 0 Å². The molecule has 110 valence electrons. The number of rotatable bonds is 3. The fourth-order valence-corrected chi connectivity index (χ4v) is 2.69. The fourth-order valence-electron chi connectivity index (χ4n) is 2.69. The van der Waals surface area contributed by atoms with E-state index in [2.05, 4.69) is 9.97 Å². The number of imidazole rings is 1. The summed E-state index contributed by atoms with van der Waals surface area (Å²) in [6.45, 7) is 2.08. The third-order valence-corrected chi connectivity index (χ3v) is 3.72. The highest BCUT2D eigenvalue weighted by atomic mass is 16.5. The zero-order valence-corrected chi connectivity index (χ0v) is 12.0. The van der Waals surface area contributed by atoms with Gasteiger partial charge in [0.2, 0.25) is 0 Å². The van der Waals surface area contributed by atoms with Crippen LogP contribution in [0.15, 0.2) is 18.6 Å². The summed E-state index contributed by atoms with van der Waals surface area (Å²) in [6, 6.07) is 1.58. The third-order valence-electron chi connectivity index (χ3n) is 3.72. The van der Waals surface area contributed by atoms with Crippen LogP contribution in [-0.2, 0) is 17.6 Å². The van der Waals surface area contributed by atoms with Crippen molar-refractivity contribution >= 4 is 11.7 Å². The molecule has 6 nitrogen and oxygen atoms in total. The second kappa shape index (κ2) is 5.55. The van der Waals surface area contributed by atoms with Gasteiger partial charge in [-0.2, -0.15) is 0 Å². The Morgan fingerprint density at radius 1 is 1.38 bits per heavy atom. The molecule has 0 saturated heterocycles. The Morgan fingerprint density at radius 3 is 3.00 bits per heavy atom. The van der Waals surface area contributed by atoms with Crippen molar-refractivity contribution in [3.8, 4) is 5.82 Å². The van der Waals surface area contributed by atoms with Gasteiger partial charge in [0, 0.05) is 11.9 Å². The number of esters is 1. The van der Waals surface area contributed by atoms with Gasteiger partial charge in [-0.25, -0.2) is 14.8 Å². The van der Waals surface area contributed by atoms with Gasteiger partial charge in [-0.15, -0.1) is 0 Å². The Bertz CT molecular complexity index is 678. The number of pyridine rings is 1. The minimum atomic E-state index is -0.423. The number of nitrogens with zero attached hydrogens (tertiary/aromatic N) is 3. The van der Waals surface area contributed by atoms with Gasteiger partial charge >= 0.3 is 5.97 Å². The van der Waals surface area contributed by atoms with Crippen molar-refractivity contribution in [2.45, 2.75) is 32.6 Å². The average Bonchev–Trinajstić information content (AvgIpc) is 2.91. The summed E-state index contributed by atoms with van der Waals surface area (Å²) < 4.78 is 6.92. The molecule has 0 unspecified atom stereocenters. The first kappa shape index (κ1) is 13.6. The number of nitrogen functional groups attached to an aromatic ring is 1. The Balaban J connectivity index is 2.05. The van der Waals surface area contributed by atoms with Crippen molar-refractivity contribution in [2.75, 3.05) is 12.3 Å². The maximum absolute atomic E-state index is 11.9. The highest BCUT2D eigenvalue weighted by Crippen LogP contribution is 2.26. The summed E-state index contributed by atoms with van der Waals surface area (Å²) in [5.41, 5.74) is 9.05. The predicted molar refractivity (Wildman–Crippen MR) is 78.4 cm³/mol. The van der Waals surface area contributed by atoms with Crippen LogP contribution in [0, 0.1) is 0 Å². The molecule has 0 saturated carbocycles. The fraction of sp³-hybridized carbons (Fsp3) is 0.400. The number of ether oxygens (including phenoxy) is 1. The topological polar surface area (TPSA) is 83.0 Å². The van der Waals surface area contributed by atoms with E-state index >= 15 is 0 Å². The SMILES string of the molecule is CCOC(=O)c1ccnc(-n2cnc3c2CCCC3)c1N. The number of aryl methyl sites for hydroxylation is 1. The van der Waals surface area contributed by atoms with Crippen LogP contribution in [-0.4, -0.2) is 27.1 Å². The van der Waals surface area contributed by atoms with E-state index in [0.29, 0.717) is 23.7 Å². The second-order valence-corrected chi connectivity index (χ2v) is 5.03. The summed E-state index contributed by atoms with van der Waals surface area (Å²) in [7, 11) is 0. The lowest BCUT2D eigenvalue weighted by molar-refractivity contribution is 0.0527. The van der Waals surface area contributed by atoms with Crippen molar-refractivity contribution in [1.29, 1.82) is 0 Å². The van der Waals surface area contributed by atoms with Gasteiger partial charge in [0.25, 0.3) is 0 Å². The van der Waals surface area contributed by atoms with Crippen molar-refractivity contribution in [1.82, 2.24) is 14.5 Å². The van der Waals surface area contributed by atoms with Crippen molar-refractivity contribution in [2.24, 2.45) is 0 Å². The van der Waals surface area contributed by atoms with Crippen LogP contribution in [0.25, 0.3) is 5.82 Å². The lowest BCUT2D eigenvalue weighted by Gasteiger charge is -2.15. The van der Waals surface area contributed by atoms with Crippen LogP contribution in [0.2, 0.25) is 0 Å². The van der Waals surface area contributed by atoms with Gasteiger partial charge in [0.15, 0.2) is 5.82 Å². The van der Waals surface area contributed by atoms with E-state index in [9.17, 15) is 4.79 Å². The number of anilines is 1. The molecule has 0 bridgehead atoms. The lowest BCUT2D eigenvalue weighted by atomic mass is 10.0. The van der Waals surface area contributed by atoms with E-state index in [4.69, 9.17) is 10.5 Å². The summed E-state index contributed by atoms with van der Waals surface area (Å²) >= 11 is 0. The van der Waals surface area contributed by atoms with Gasteiger partial charge in [-0.1, -0.05) is 0 Å². The first-order valence-corrected chi connectivity index (χ1v) is 7.19. The van der Waals surface area contributed by atoms with Crippen molar-refractivity contribution in [3.63, 3.8) is 0 Å². The molecule has 0 fully saturated rings. The number of aromatic nitrogens is 3. The predicted octanol–water partition coefficient (Wildman–Crippen LogP) is 1.90. The van der Waals surface area contributed by atoms with Crippen molar-refractivity contribution < 1.29 is 9.53 Å². The zero-order chi connectivity index (χ0) is 14.8. The molecule has 21 heavy (non-hydrogen) atoms. The van der Waals surface area contributed by atoms with Gasteiger partial charge in [0.1, 0.15) is 6.33 Å². The highest BCUT2D eigenvalue weighted by Gasteiger charge is 2.20. The van der Waals surface area contributed by atoms with Crippen LogP contribution >= 0.6 is 0 Å². The monoisotopic (exact) mass is 286 g/mol. The van der Waals surface area contributed by atoms with Crippen LogP contribution in [0.4, 0.5) is 5.69 Å². The number of hydrogen-bond acceptors (Lipinski definition) is 5. The van der Waals surface area contributed by atoms with Gasteiger partial charge < -0.3 is 10.5 Å². The van der Waals surface area contributed by atoms with Crippen LogP contribution in [0.1, 0.15) is 41.5 Å². The Labute approximate surface area is 123 Å². The van der Waals surface area contributed by atoms with E-state index in [-0.39, 0.29) is 0 Å². The van der Waals surface area contributed by atoms with E-state index in [1.807, 2.05) is 4.57 Å². The number of carbonyl (C=O) groups excluding carboxylic acids is 1. The Kier molecular flexibility index (Phi) is 3.60. The molecule has 0 aliphatic heterocycles. The molecule has 6 heteroatoms. The zero-order valence-electron chi connectivity index (χ0n) is 12.0. The minimum Gasteiger partial charge on any atom is -0.462 e. The molecule has 0 aromatic carbocycles. The smallest absolute Gasteiger partial charge is 0.340 e. The molecule has 1 aliphatic carbocycles. The Hall–Kier alpha value is -2.37. The van der Waals surface area contributed by atoms with E-state index in [1.54, 1.807) is 25.5 Å². The normalized spacial score (nSPS) is 13.8. The molecule has 2 N–H and O–H groups in total. The van der Waals surface area contributed by atoms with E-state index in [1.165, 1.54) is 0 Å². The maximum atomic E-state index is 11.9. The highest BCUT2D eigenvalue weighted by molar-refractivity contribution is 5.96. The first-order valence-electron chi connectivity index (χ1n) is 7.19. The molecular weight excluding hydrogens is 268 g/mol. The summed E-state index contributed by atoms with van der Waals surface area (Å²) in [5, 5.41) is 0. The average molecular weight is 286 g/mol. The number of fused-ring (bicyclic) bond motifs is 1. The van der Waals surface area contributed by atoms with E-state index in [0.717, 1.165) is 37.1 Å². The molecule has 3 rings (SSSR count). The van der Waals surface area contributed by atoms with E-state index < -0.39 is 5.97 Å². The molecule has 0 spiro atoms. The lowest BCUT2D eigenvalue weighted by Crippen LogP contribution is -2.14. The number of nitrogens with two attached hydrogens (primary N) is 1. The van der Waals surface area contributed by atoms with Gasteiger partial charge in [0.05, 0.1) is 23.6 Å². The van der Waals surface area contributed by atoms with Crippen molar-refractivity contribution in [3.05, 3.63) is 35.5 Å². The summed E-state index contributed by atoms with van der Waals surface area (Å²) in [5.74, 6) is 0.129. The largest absolute Gasteiger partial charge is 0.462 e. The molecule has 0 atom stereocenters. The molecule has 2 aromatic rings. The number of carbonyl (C=O) groups is 1. The second-order valence-electron chi connectivity index (χ2n) is 5.03. The van der Waals surface area contributed by atoms with Crippen LogP contribution < -0.4 is 5.73 Å². The van der Waals surface area contributed by atoms with Crippen LogP contribution in [0.3, 0.4) is 0 Å². The third kappa shape index (κ3) is 2.37. The van der Waals surface area contributed by atoms with Gasteiger partial charge in [-0.05, 0) is 38.7 Å². The molecule has 0 amide bonds. The molecule has 0 radical (unpaired) electrons. The molecular formula is C15H18N4O2. The standard InChI is InChI=1S/C15H18N4O2/c1-2-21-15(20)10-7-8-17-14(13(10)16)19-9-18-11-5-3-4-6-12(11)19/h7-9H,2-6,16H2,1H3. The summed E-state index contributed by atoms with van der Waals surface area (Å²) in [4.78, 5) is 20.7.